The van der Waals surface area contributed by atoms with Crippen LogP contribution in [0, 0.1) is 5.82 Å². The van der Waals surface area contributed by atoms with Crippen LogP contribution in [0.5, 0.6) is 17.2 Å². The van der Waals surface area contributed by atoms with Crippen molar-refractivity contribution >= 4 is 11.8 Å². The molecule has 3 aromatic rings. The van der Waals surface area contributed by atoms with Gasteiger partial charge in [0.1, 0.15) is 5.82 Å². The average molecular weight is 477 g/mol. The first kappa shape index (κ1) is 24.6. The summed E-state index contributed by atoms with van der Waals surface area (Å²) in [5.41, 5.74) is 4.56. The van der Waals surface area contributed by atoms with Crippen molar-refractivity contribution in [3.05, 3.63) is 89.2 Å². The van der Waals surface area contributed by atoms with Crippen molar-refractivity contribution < 1.29 is 18.6 Å². The number of anilines is 1. The molecule has 0 radical (unpaired) electrons. The van der Waals surface area contributed by atoms with Gasteiger partial charge in [0.25, 0.3) is 0 Å². The van der Waals surface area contributed by atoms with E-state index in [1.54, 1.807) is 21.3 Å². The highest BCUT2D eigenvalue weighted by molar-refractivity contribution is 5.66. The zero-order valence-electron chi connectivity index (χ0n) is 20.7. The van der Waals surface area contributed by atoms with E-state index in [0.717, 1.165) is 50.3 Å². The van der Waals surface area contributed by atoms with Gasteiger partial charge in [-0.25, -0.2) is 4.39 Å². The molecule has 0 unspecified atom stereocenters. The quantitative estimate of drug-likeness (QED) is 0.420. The van der Waals surface area contributed by atoms with Crippen LogP contribution in [0.25, 0.3) is 6.08 Å². The van der Waals surface area contributed by atoms with Gasteiger partial charge in [-0.15, -0.1) is 0 Å². The number of rotatable bonds is 9. The Labute approximate surface area is 207 Å². The summed E-state index contributed by atoms with van der Waals surface area (Å²) in [5.74, 6) is 1.74. The molecule has 6 heteroatoms. The second-order valence-electron chi connectivity index (χ2n) is 8.58. The first-order valence-corrected chi connectivity index (χ1v) is 11.9. The van der Waals surface area contributed by atoms with Gasteiger partial charge in [0.2, 0.25) is 5.75 Å². The van der Waals surface area contributed by atoms with Crippen LogP contribution in [-0.4, -0.2) is 59.0 Å². The lowest BCUT2D eigenvalue weighted by atomic mass is 10.0. The molecule has 1 heterocycles. The van der Waals surface area contributed by atoms with Crippen molar-refractivity contribution in [2.45, 2.75) is 6.42 Å². The largest absolute Gasteiger partial charge is 0.493 e. The molecule has 3 aromatic carbocycles. The Balaban J connectivity index is 1.29. The lowest BCUT2D eigenvalue weighted by Crippen LogP contribution is -2.46. The molecule has 0 saturated carbocycles. The Morgan fingerprint density at radius 1 is 0.743 bits per heavy atom. The predicted molar refractivity (Wildman–Crippen MR) is 139 cm³/mol. The molecular formula is C29H33FN2O3. The zero-order chi connectivity index (χ0) is 24.6. The van der Waals surface area contributed by atoms with Crippen molar-refractivity contribution in [1.29, 1.82) is 0 Å². The van der Waals surface area contributed by atoms with Gasteiger partial charge in [-0.1, -0.05) is 36.4 Å². The van der Waals surface area contributed by atoms with E-state index < -0.39 is 0 Å². The maximum Gasteiger partial charge on any atom is 0.203 e. The fraction of sp³-hybridized carbons (Fsp3) is 0.310. The van der Waals surface area contributed by atoms with Crippen molar-refractivity contribution in [2.24, 2.45) is 0 Å². The van der Waals surface area contributed by atoms with Gasteiger partial charge in [-0.2, -0.15) is 0 Å². The molecule has 1 aliphatic rings. The fourth-order valence-electron chi connectivity index (χ4n) is 4.44. The topological polar surface area (TPSA) is 34.2 Å². The smallest absolute Gasteiger partial charge is 0.203 e. The minimum atomic E-state index is -0.195. The number of piperazine rings is 1. The van der Waals surface area contributed by atoms with E-state index in [1.807, 2.05) is 24.3 Å². The van der Waals surface area contributed by atoms with E-state index in [2.05, 4.69) is 46.2 Å². The number of methoxy groups -OCH3 is 3. The molecule has 1 fully saturated rings. The molecule has 35 heavy (non-hydrogen) atoms. The van der Waals surface area contributed by atoms with Crippen LogP contribution in [0.2, 0.25) is 0 Å². The zero-order valence-corrected chi connectivity index (χ0v) is 20.7. The SMILES string of the molecule is COc1ccc(C=CCN2CCN(c3ccc(Cc4ccc(F)cc4)cc3)CC2)c(OC)c1OC. The number of hydrogen-bond acceptors (Lipinski definition) is 5. The number of benzene rings is 3. The molecule has 184 valence electrons. The Morgan fingerprint density at radius 3 is 1.97 bits per heavy atom. The monoisotopic (exact) mass is 476 g/mol. The van der Waals surface area contributed by atoms with E-state index >= 15 is 0 Å². The Hall–Kier alpha value is -3.51. The van der Waals surface area contributed by atoms with E-state index in [1.165, 1.54) is 23.4 Å². The Bertz CT molecular complexity index is 1120. The molecule has 4 rings (SSSR count). The summed E-state index contributed by atoms with van der Waals surface area (Å²) in [6, 6.07) is 19.3. The second kappa shape index (κ2) is 11.8. The fourth-order valence-corrected chi connectivity index (χ4v) is 4.44. The van der Waals surface area contributed by atoms with Crippen molar-refractivity contribution in [2.75, 3.05) is 59.0 Å². The summed E-state index contributed by atoms with van der Waals surface area (Å²) in [5, 5.41) is 0. The molecule has 0 spiro atoms. The maximum absolute atomic E-state index is 13.1. The highest BCUT2D eigenvalue weighted by Gasteiger charge is 2.17. The Morgan fingerprint density at radius 2 is 1.37 bits per heavy atom. The standard InChI is InChI=1S/C29H33FN2O3/c1-33-27-15-10-24(28(34-2)29(27)35-3)5-4-16-31-17-19-32(20-18-31)26-13-8-23(9-14-26)21-22-6-11-25(30)12-7-22/h4-15H,16-21H2,1-3H3. The van der Waals surface area contributed by atoms with Gasteiger partial charge >= 0.3 is 0 Å². The molecular weight excluding hydrogens is 443 g/mol. The molecule has 0 N–H and O–H groups in total. The van der Waals surface area contributed by atoms with Crippen molar-refractivity contribution in [1.82, 2.24) is 4.90 Å². The molecule has 0 aliphatic carbocycles. The first-order valence-electron chi connectivity index (χ1n) is 11.9. The summed E-state index contributed by atoms with van der Waals surface area (Å²) >= 11 is 0. The van der Waals surface area contributed by atoms with Crippen LogP contribution in [0.15, 0.2) is 66.7 Å². The van der Waals surface area contributed by atoms with Crippen LogP contribution in [0.1, 0.15) is 16.7 Å². The predicted octanol–water partition coefficient (Wildman–Crippen LogP) is 5.28. The summed E-state index contributed by atoms with van der Waals surface area (Å²) in [6.07, 6.45) is 5.06. The number of hydrogen-bond donors (Lipinski definition) is 0. The molecule has 1 aliphatic heterocycles. The van der Waals surface area contributed by atoms with Gasteiger partial charge in [0.05, 0.1) is 21.3 Å². The summed E-state index contributed by atoms with van der Waals surface area (Å²) in [7, 11) is 4.88. The molecule has 0 bridgehead atoms. The van der Waals surface area contributed by atoms with Crippen molar-refractivity contribution in [3.63, 3.8) is 0 Å². The molecule has 0 atom stereocenters. The van der Waals surface area contributed by atoms with Crippen LogP contribution in [-0.2, 0) is 6.42 Å². The van der Waals surface area contributed by atoms with Crippen molar-refractivity contribution in [3.8, 4) is 17.2 Å². The first-order chi connectivity index (χ1) is 17.1. The normalized spacial score (nSPS) is 14.3. The minimum Gasteiger partial charge on any atom is -0.493 e. The molecule has 1 saturated heterocycles. The second-order valence-corrected chi connectivity index (χ2v) is 8.58. The van der Waals surface area contributed by atoms with Gasteiger partial charge in [-0.05, 0) is 53.9 Å². The third-order valence-electron chi connectivity index (χ3n) is 6.39. The van der Waals surface area contributed by atoms with Gasteiger partial charge < -0.3 is 19.1 Å². The maximum atomic E-state index is 13.1. The van der Waals surface area contributed by atoms with Crippen LogP contribution >= 0.6 is 0 Å². The highest BCUT2D eigenvalue weighted by atomic mass is 19.1. The molecule has 0 aromatic heterocycles. The molecule has 5 nitrogen and oxygen atoms in total. The molecule has 0 amide bonds. The van der Waals surface area contributed by atoms with E-state index in [0.29, 0.717) is 17.2 Å². The summed E-state index contributed by atoms with van der Waals surface area (Å²) < 4.78 is 29.5. The number of ether oxygens (including phenoxy) is 3. The summed E-state index contributed by atoms with van der Waals surface area (Å²) in [4.78, 5) is 4.88. The average Bonchev–Trinajstić information content (AvgIpc) is 2.90. The highest BCUT2D eigenvalue weighted by Crippen LogP contribution is 2.40. The van der Waals surface area contributed by atoms with E-state index in [4.69, 9.17) is 14.2 Å². The van der Waals surface area contributed by atoms with E-state index in [9.17, 15) is 4.39 Å². The summed E-state index contributed by atoms with van der Waals surface area (Å²) in [6.45, 7) is 4.87. The Kier molecular flexibility index (Phi) is 8.27. The lowest BCUT2D eigenvalue weighted by molar-refractivity contribution is 0.284. The van der Waals surface area contributed by atoms with E-state index in [-0.39, 0.29) is 5.82 Å². The number of nitrogens with zero attached hydrogens (tertiary/aromatic N) is 2. The lowest BCUT2D eigenvalue weighted by Gasteiger charge is -2.35. The number of halogens is 1. The van der Waals surface area contributed by atoms with Crippen LogP contribution < -0.4 is 19.1 Å². The van der Waals surface area contributed by atoms with Gasteiger partial charge in [-0.3, -0.25) is 4.90 Å². The van der Waals surface area contributed by atoms with Gasteiger partial charge in [0, 0.05) is 44.0 Å². The van der Waals surface area contributed by atoms with Crippen LogP contribution in [0.3, 0.4) is 0 Å². The third-order valence-corrected chi connectivity index (χ3v) is 6.39. The van der Waals surface area contributed by atoms with Gasteiger partial charge in [0.15, 0.2) is 11.5 Å². The van der Waals surface area contributed by atoms with Crippen LogP contribution in [0.4, 0.5) is 10.1 Å². The third kappa shape index (κ3) is 6.14. The minimum absolute atomic E-state index is 0.195.